The Morgan fingerprint density at radius 1 is 1.28 bits per heavy atom. The van der Waals surface area contributed by atoms with Crippen LogP contribution in [0.4, 0.5) is 0 Å². The summed E-state index contributed by atoms with van der Waals surface area (Å²) in [7, 11) is 1.68. The third-order valence-electron chi connectivity index (χ3n) is 2.79. The lowest BCUT2D eigenvalue weighted by molar-refractivity contribution is 0.411. The molecule has 1 nitrogen and oxygen atoms in total. The molecule has 4 heteroatoms. The highest BCUT2D eigenvalue weighted by Crippen LogP contribution is 2.40. The Kier molecular flexibility index (Phi) is 4.36. The number of hydrogen-bond acceptors (Lipinski definition) is 2. The molecule has 2 aromatic rings. The first-order valence-corrected chi connectivity index (χ1v) is 7.62. The van der Waals surface area contributed by atoms with Crippen LogP contribution in [0.25, 0.3) is 0 Å². The summed E-state index contributed by atoms with van der Waals surface area (Å²) < 4.78 is 6.41. The summed E-state index contributed by atoms with van der Waals surface area (Å²) in [5, 5.41) is -0.146. The number of thiophene rings is 1. The second kappa shape index (κ2) is 5.64. The lowest BCUT2D eigenvalue weighted by Gasteiger charge is -2.12. The van der Waals surface area contributed by atoms with Gasteiger partial charge in [0.25, 0.3) is 0 Å². The zero-order valence-corrected chi connectivity index (χ0v) is 13.6. The molecule has 0 fully saturated rings. The first-order chi connectivity index (χ1) is 8.52. The van der Waals surface area contributed by atoms with E-state index in [-0.39, 0.29) is 5.38 Å². The van der Waals surface area contributed by atoms with Crippen LogP contribution in [0.1, 0.15) is 26.3 Å². The fourth-order valence-electron chi connectivity index (χ4n) is 1.82. The van der Waals surface area contributed by atoms with E-state index in [1.54, 1.807) is 18.4 Å². The molecule has 1 aromatic heterocycles. The molecule has 18 heavy (non-hydrogen) atoms. The van der Waals surface area contributed by atoms with Gasteiger partial charge in [0, 0.05) is 14.2 Å². The molecule has 0 N–H and O–H groups in total. The van der Waals surface area contributed by atoms with Crippen LogP contribution in [0.15, 0.2) is 28.7 Å². The van der Waals surface area contributed by atoms with Crippen molar-refractivity contribution in [2.45, 2.75) is 19.2 Å². The first kappa shape index (κ1) is 13.9. The molecular weight excluding hydrogens is 332 g/mol. The van der Waals surface area contributed by atoms with E-state index in [0.717, 1.165) is 26.2 Å². The molecule has 0 aliphatic heterocycles. The zero-order chi connectivity index (χ0) is 13.3. The normalized spacial score (nSPS) is 12.5. The topological polar surface area (TPSA) is 9.23 Å². The van der Waals surface area contributed by atoms with Crippen molar-refractivity contribution in [1.82, 2.24) is 0 Å². The zero-order valence-electron chi connectivity index (χ0n) is 10.5. The van der Waals surface area contributed by atoms with E-state index in [0.29, 0.717) is 0 Å². The van der Waals surface area contributed by atoms with Crippen molar-refractivity contribution in [3.8, 4) is 5.75 Å². The van der Waals surface area contributed by atoms with Crippen LogP contribution in [0.2, 0.25) is 0 Å². The molecule has 0 aliphatic rings. The quantitative estimate of drug-likeness (QED) is 0.671. The molecule has 0 aliphatic carbocycles. The van der Waals surface area contributed by atoms with Gasteiger partial charge in [-0.15, -0.1) is 22.9 Å². The number of methoxy groups -OCH3 is 1. The van der Waals surface area contributed by atoms with Gasteiger partial charge in [-0.3, -0.25) is 0 Å². The number of aryl methyl sites for hydroxylation is 2. The van der Waals surface area contributed by atoms with Gasteiger partial charge in [-0.25, -0.2) is 0 Å². The molecule has 0 radical (unpaired) electrons. The predicted molar refractivity (Wildman–Crippen MR) is 82.2 cm³/mol. The van der Waals surface area contributed by atoms with Gasteiger partial charge in [-0.1, -0.05) is 12.1 Å². The van der Waals surface area contributed by atoms with E-state index < -0.39 is 0 Å². The largest absolute Gasteiger partial charge is 0.496 e. The number of halogens is 2. The second-order valence-corrected chi connectivity index (χ2v) is 6.74. The highest BCUT2D eigenvalue weighted by atomic mass is 79.9. The Hall–Kier alpha value is -0.510. The summed E-state index contributed by atoms with van der Waals surface area (Å²) in [6, 6.07) is 8.20. The minimum atomic E-state index is -0.146. The van der Waals surface area contributed by atoms with Crippen LogP contribution >= 0.6 is 38.9 Å². The van der Waals surface area contributed by atoms with Gasteiger partial charge in [0.05, 0.1) is 12.5 Å². The standard InChI is InChI=1S/C14H14BrClOS/c1-8-4-5-10(7-12(8)17-3)13(16)14-11(15)6-9(2)18-14/h4-7,13H,1-3H3. The fourth-order valence-corrected chi connectivity index (χ4v) is 4.22. The van der Waals surface area contributed by atoms with Gasteiger partial charge in [0.15, 0.2) is 0 Å². The second-order valence-electron chi connectivity index (χ2n) is 4.16. The van der Waals surface area contributed by atoms with E-state index in [4.69, 9.17) is 16.3 Å². The maximum Gasteiger partial charge on any atom is 0.122 e. The molecule has 0 bridgehead atoms. The third-order valence-corrected chi connectivity index (χ3v) is 5.42. The van der Waals surface area contributed by atoms with Gasteiger partial charge < -0.3 is 4.74 Å². The van der Waals surface area contributed by atoms with Crippen LogP contribution in [-0.2, 0) is 0 Å². The van der Waals surface area contributed by atoms with Gasteiger partial charge in [-0.05, 0) is 53.0 Å². The number of hydrogen-bond donors (Lipinski definition) is 0. The molecular formula is C14H14BrClOS. The summed E-state index contributed by atoms with van der Waals surface area (Å²) in [4.78, 5) is 2.39. The highest BCUT2D eigenvalue weighted by molar-refractivity contribution is 9.10. The van der Waals surface area contributed by atoms with E-state index in [1.165, 1.54) is 4.88 Å². The van der Waals surface area contributed by atoms with Crippen LogP contribution in [0.5, 0.6) is 5.75 Å². The third kappa shape index (κ3) is 2.73. The lowest BCUT2D eigenvalue weighted by Crippen LogP contribution is -1.94. The minimum absolute atomic E-state index is 0.146. The molecule has 96 valence electrons. The molecule has 0 spiro atoms. The van der Waals surface area contributed by atoms with Crippen LogP contribution in [0, 0.1) is 13.8 Å². The van der Waals surface area contributed by atoms with Crippen molar-refractivity contribution >= 4 is 38.9 Å². The van der Waals surface area contributed by atoms with E-state index >= 15 is 0 Å². The maximum atomic E-state index is 6.56. The van der Waals surface area contributed by atoms with Crippen molar-refractivity contribution in [2.75, 3.05) is 7.11 Å². The summed E-state index contributed by atoms with van der Waals surface area (Å²) in [5.74, 6) is 0.877. The molecule has 0 saturated carbocycles. The Bertz CT molecular complexity index is 565. The van der Waals surface area contributed by atoms with E-state index in [2.05, 4.69) is 35.0 Å². The summed E-state index contributed by atoms with van der Waals surface area (Å²) in [5.41, 5.74) is 2.17. The molecule has 0 amide bonds. The van der Waals surface area contributed by atoms with Gasteiger partial charge in [-0.2, -0.15) is 0 Å². The molecule has 1 unspecified atom stereocenters. The van der Waals surface area contributed by atoms with Crippen LogP contribution in [0.3, 0.4) is 0 Å². The predicted octanol–water partition coefficient (Wildman–Crippen LogP) is 5.46. The highest BCUT2D eigenvalue weighted by Gasteiger charge is 2.17. The average molecular weight is 346 g/mol. The Morgan fingerprint density at radius 3 is 2.56 bits per heavy atom. The molecule has 0 saturated heterocycles. The van der Waals surface area contributed by atoms with Crippen molar-refractivity contribution in [3.05, 3.63) is 49.6 Å². The lowest BCUT2D eigenvalue weighted by atomic mass is 10.1. The van der Waals surface area contributed by atoms with Gasteiger partial charge >= 0.3 is 0 Å². The molecule has 1 atom stereocenters. The Balaban J connectivity index is 2.39. The van der Waals surface area contributed by atoms with Crippen molar-refractivity contribution in [1.29, 1.82) is 0 Å². The summed E-state index contributed by atoms with van der Waals surface area (Å²) in [6.07, 6.45) is 0. The number of rotatable bonds is 3. The summed E-state index contributed by atoms with van der Waals surface area (Å²) in [6.45, 7) is 4.11. The number of alkyl halides is 1. The smallest absolute Gasteiger partial charge is 0.122 e. The van der Waals surface area contributed by atoms with E-state index in [9.17, 15) is 0 Å². The van der Waals surface area contributed by atoms with Crippen molar-refractivity contribution in [2.24, 2.45) is 0 Å². The van der Waals surface area contributed by atoms with Crippen molar-refractivity contribution in [3.63, 3.8) is 0 Å². The first-order valence-electron chi connectivity index (χ1n) is 5.57. The van der Waals surface area contributed by atoms with Crippen molar-refractivity contribution < 1.29 is 4.74 Å². The Morgan fingerprint density at radius 2 is 2.00 bits per heavy atom. The van der Waals surface area contributed by atoms with Gasteiger partial charge in [0.1, 0.15) is 5.75 Å². The fraction of sp³-hybridized carbons (Fsp3) is 0.286. The Labute approximate surface area is 125 Å². The maximum absolute atomic E-state index is 6.56. The molecule has 1 heterocycles. The monoisotopic (exact) mass is 344 g/mol. The summed E-state index contributed by atoms with van der Waals surface area (Å²) >= 11 is 11.8. The van der Waals surface area contributed by atoms with Gasteiger partial charge in [0.2, 0.25) is 0 Å². The van der Waals surface area contributed by atoms with Crippen LogP contribution in [-0.4, -0.2) is 7.11 Å². The van der Waals surface area contributed by atoms with Crippen LogP contribution < -0.4 is 4.74 Å². The number of ether oxygens (including phenoxy) is 1. The number of benzene rings is 1. The SMILES string of the molecule is COc1cc(C(Cl)c2sc(C)cc2Br)ccc1C. The minimum Gasteiger partial charge on any atom is -0.496 e. The van der Waals surface area contributed by atoms with E-state index in [1.807, 2.05) is 19.1 Å². The average Bonchev–Trinajstić information content (AvgIpc) is 2.68. The molecule has 2 rings (SSSR count). The molecule has 1 aromatic carbocycles.